The molecule has 0 aromatic carbocycles. The molecule has 1 heterocycles. The molecule has 0 unspecified atom stereocenters. The summed E-state index contributed by atoms with van der Waals surface area (Å²) in [5, 5.41) is 5.56. The molecule has 1 rings (SSSR count). The van der Waals surface area contributed by atoms with E-state index in [0.29, 0.717) is 5.82 Å². The summed E-state index contributed by atoms with van der Waals surface area (Å²) in [5.41, 5.74) is -0.795. The van der Waals surface area contributed by atoms with Crippen molar-refractivity contribution in [2.24, 2.45) is 12.1 Å². The Bertz CT molecular complexity index is 455. The van der Waals surface area contributed by atoms with Crippen molar-refractivity contribution in [3.63, 3.8) is 0 Å². The molecule has 0 fully saturated rings. The highest BCUT2D eigenvalue weighted by Gasteiger charge is 2.03. The third-order valence-corrected chi connectivity index (χ3v) is 2.15. The van der Waals surface area contributed by atoms with Gasteiger partial charge in [0.1, 0.15) is 5.82 Å². The maximum atomic E-state index is 11.4. The zero-order valence-electron chi connectivity index (χ0n) is 9.73. The summed E-state index contributed by atoms with van der Waals surface area (Å²) >= 11 is 0. The summed E-state index contributed by atoms with van der Waals surface area (Å²) in [4.78, 5) is 25.2. The first-order valence-corrected chi connectivity index (χ1v) is 5.12. The Kier molecular flexibility index (Phi) is 4.04. The average Bonchev–Trinajstić information content (AvgIpc) is 2.25. The third-order valence-electron chi connectivity index (χ3n) is 2.15. The van der Waals surface area contributed by atoms with Crippen molar-refractivity contribution in [2.45, 2.75) is 19.8 Å². The van der Waals surface area contributed by atoms with Crippen LogP contribution in [0.2, 0.25) is 0 Å². The van der Waals surface area contributed by atoms with E-state index in [4.69, 9.17) is 0 Å². The quantitative estimate of drug-likeness (QED) is 0.590. The summed E-state index contributed by atoms with van der Waals surface area (Å²) < 4.78 is 1.01. The Labute approximate surface area is 93.2 Å². The van der Waals surface area contributed by atoms with Gasteiger partial charge in [0.05, 0.1) is 0 Å². The van der Waals surface area contributed by atoms with Gasteiger partial charge in [-0.15, -0.1) is 0 Å². The lowest BCUT2D eigenvalue weighted by molar-refractivity contribution is 0.766. The van der Waals surface area contributed by atoms with E-state index < -0.39 is 5.69 Å². The first-order valence-electron chi connectivity index (χ1n) is 5.12. The van der Waals surface area contributed by atoms with Gasteiger partial charge in [-0.1, -0.05) is 13.3 Å². The molecule has 16 heavy (non-hydrogen) atoms. The lowest BCUT2D eigenvalue weighted by Crippen LogP contribution is -2.33. The highest BCUT2D eigenvalue weighted by molar-refractivity contribution is 5.59. The third kappa shape index (κ3) is 2.82. The van der Waals surface area contributed by atoms with Crippen LogP contribution in [0.15, 0.2) is 20.8 Å². The molecule has 1 N–H and O–H groups in total. The molecule has 1 aromatic rings. The van der Waals surface area contributed by atoms with Crippen molar-refractivity contribution in [1.82, 2.24) is 9.55 Å². The number of hydrogen-bond acceptors (Lipinski definition) is 4. The number of rotatable bonds is 4. The van der Waals surface area contributed by atoms with E-state index in [-0.39, 0.29) is 5.56 Å². The second kappa shape index (κ2) is 5.29. The van der Waals surface area contributed by atoms with Gasteiger partial charge in [-0.25, -0.2) is 4.79 Å². The first kappa shape index (κ1) is 12.2. The van der Waals surface area contributed by atoms with E-state index in [9.17, 15) is 9.59 Å². The van der Waals surface area contributed by atoms with Crippen molar-refractivity contribution >= 4 is 12.0 Å². The van der Waals surface area contributed by atoms with Crippen LogP contribution < -0.4 is 16.3 Å². The van der Waals surface area contributed by atoms with Crippen LogP contribution in [-0.4, -0.2) is 22.8 Å². The van der Waals surface area contributed by atoms with Crippen molar-refractivity contribution in [3.8, 4) is 0 Å². The van der Waals surface area contributed by atoms with Crippen LogP contribution in [0.1, 0.15) is 19.8 Å². The van der Waals surface area contributed by atoms with Crippen LogP contribution in [0.3, 0.4) is 0 Å². The van der Waals surface area contributed by atoms with Gasteiger partial charge < -0.3 is 0 Å². The number of hydrazone groups is 1. The Morgan fingerprint density at radius 3 is 2.81 bits per heavy atom. The lowest BCUT2D eigenvalue weighted by Gasteiger charge is -2.11. The minimum absolute atomic E-state index is 0.351. The molecule has 0 aliphatic carbocycles. The minimum atomic E-state index is -0.444. The topological polar surface area (TPSA) is 70.5 Å². The van der Waals surface area contributed by atoms with Crippen molar-refractivity contribution in [1.29, 1.82) is 0 Å². The molecular formula is C10H16N4O2. The number of H-pyrrole nitrogens is 1. The molecule has 1 aromatic heterocycles. The fraction of sp³-hybridized carbons (Fsp3) is 0.500. The van der Waals surface area contributed by atoms with Gasteiger partial charge in [-0.05, 0) is 6.42 Å². The Morgan fingerprint density at radius 2 is 2.25 bits per heavy atom. The fourth-order valence-electron chi connectivity index (χ4n) is 1.09. The maximum Gasteiger partial charge on any atom is 0.329 e. The number of aromatic nitrogens is 2. The summed E-state index contributed by atoms with van der Waals surface area (Å²) in [5.74, 6) is 0.389. The van der Waals surface area contributed by atoms with Crippen molar-refractivity contribution in [2.75, 3.05) is 12.1 Å². The Hall–Kier alpha value is -1.85. The highest BCUT2D eigenvalue weighted by atomic mass is 16.2. The molecule has 0 spiro atoms. The minimum Gasteiger partial charge on any atom is -0.292 e. The van der Waals surface area contributed by atoms with E-state index in [0.717, 1.165) is 17.4 Å². The molecule has 0 saturated carbocycles. The van der Waals surface area contributed by atoms with Crippen molar-refractivity contribution < 1.29 is 0 Å². The van der Waals surface area contributed by atoms with E-state index >= 15 is 0 Å². The molecule has 6 nitrogen and oxygen atoms in total. The van der Waals surface area contributed by atoms with Gasteiger partial charge in [0.15, 0.2) is 0 Å². The molecule has 0 saturated heterocycles. The molecule has 0 aliphatic rings. The predicted molar refractivity (Wildman–Crippen MR) is 64.1 cm³/mol. The summed E-state index contributed by atoms with van der Waals surface area (Å²) in [6.07, 6.45) is 3.61. The van der Waals surface area contributed by atoms with Crippen LogP contribution in [0.25, 0.3) is 0 Å². The number of nitrogens with one attached hydrogen (secondary N) is 1. The standard InChI is InChI=1S/C10H16N4O2/c1-4-5-6-11-14(3)8-7-9(15)13(2)10(16)12-8/h6-7H,4-5H2,1-3H3,(H,12,16). The lowest BCUT2D eigenvalue weighted by atomic mass is 10.4. The number of hydrogen-bond donors (Lipinski definition) is 1. The van der Waals surface area contributed by atoms with Crippen LogP contribution >= 0.6 is 0 Å². The molecule has 0 radical (unpaired) electrons. The fourth-order valence-corrected chi connectivity index (χ4v) is 1.09. The van der Waals surface area contributed by atoms with Crippen LogP contribution in [0.4, 0.5) is 5.82 Å². The Balaban J connectivity index is 2.97. The summed E-state index contributed by atoms with van der Waals surface area (Å²) in [6, 6.07) is 1.34. The predicted octanol–water partition coefficient (Wildman–Crippen LogP) is 0.296. The monoisotopic (exact) mass is 224 g/mol. The van der Waals surface area contributed by atoms with Gasteiger partial charge in [0, 0.05) is 26.4 Å². The molecule has 0 aliphatic heterocycles. The smallest absolute Gasteiger partial charge is 0.292 e. The number of aromatic amines is 1. The van der Waals surface area contributed by atoms with E-state index in [1.165, 1.54) is 18.1 Å². The summed E-state index contributed by atoms with van der Waals surface area (Å²) in [6.45, 7) is 2.05. The molecule has 0 amide bonds. The van der Waals surface area contributed by atoms with Gasteiger partial charge >= 0.3 is 5.69 Å². The second-order valence-corrected chi connectivity index (χ2v) is 3.47. The molecule has 6 heteroatoms. The molecule has 88 valence electrons. The zero-order chi connectivity index (χ0) is 12.1. The van der Waals surface area contributed by atoms with Crippen LogP contribution in [-0.2, 0) is 7.05 Å². The van der Waals surface area contributed by atoms with E-state index in [1.54, 1.807) is 13.3 Å². The van der Waals surface area contributed by atoms with Gasteiger partial charge in [0.2, 0.25) is 0 Å². The highest BCUT2D eigenvalue weighted by Crippen LogP contribution is 2.01. The summed E-state index contributed by atoms with van der Waals surface area (Å²) in [7, 11) is 3.10. The largest absolute Gasteiger partial charge is 0.329 e. The molecule has 0 bridgehead atoms. The van der Waals surface area contributed by atoms with Gasteiger partial charge in [0.25, 0.3) is 5.56 Å². The Morgan fingerprint density at radius 1 is 1.56 bits per heavy atom. The number of anilines is 1. The molecule has 0 atom stereocenters. The molecular weight excluding hydrogens is 208 g/mol. The average molecular weight is 224 g/mol. The van der Waals surface area contributed by atoms with Gasteiger partial charge in [-0.3, -0.25) is 19.4 Å². The van der Waals surface area contributed by atoms with Crippen LogP contribution in [0.5, 0.6) is 0 Å². The van der Waals surface area contributed by atoms with Crippen molar-refractivity contribution in [3.05, 3.63) is 26.9 Å². The zero-order valence-corrected chi connectivity index (χ0v) is 9.73. The number of unbranched alkanes of at least 4 members (excludes halogenated alkanes) is 1. The SMILES string of the molecule is CCCC=NN(C)c1cc(=O)n(C)c(=O)[nH]1. The maximum absolute atomic E-state index is 11.4. The number of nitrogens with zero attached hydrogens (tertiary/aromatic N) is 3. The van der Waals surface area contributed by atoms with Gasteiger partial charge in [-0.2, -0.15) is 5.10 Å². The van der Waals surface area contributed by atoms with E-state index in [2.05, 4.69) is 10.1 Å². The first-order chi connectivity index (χ1) is 7.56. The van der Waals surface area contributed by atoms with E-state index in [1.807, 2.05) is 6.92 Å². The second-order valence-electron chi connectivity index (χ2n) is 3.47. The van der Waals surface area contributed by atoms with Crippen LogP contribution in [0, 0.1) is 0 Å². The normalized spacial score (nSPS) is 10.9.